The first kappa shape index (κ1) is 23.4. The van der Waals surface area contributed by atoms with Gasteiger partial charge in [0.25, 0.3) is 0 Å². The molecule has 3 aliphatic heterocycles. The van der Waals surface area contributed by atoms with Gasteiger partial charge in [-0.3, -0.25) is 14.4 Å². The maximum absolute atomic E-state index is 14.0. The monoisotopic (exact) mass is 456 g/mol. The first-order chi connectivity index (χ1) is 15.8. The number of rotatable bonds is 10. The Morgan fingerprint density at radius 2 is 2.03 bits per heavy atom. The maximum Gasteiger partial charge on any atom is 0.310 e. The number of hydrogen-bond acceptors (Lipinski definition) is 5. The lowest BCUT2D eigenvalue weighted by molar-refractivity contribution is -0.158. The average Bonchev–Trinajstić information content (AvgIpc) is 3.41. The van der Waals surface area contributed by atoms with E-state index in [1.165, 1.54) is 4.90 Å². The summed E-state index contributed by atoms with van der Waals surface area (Å²) in [6.07, 6.45) is 3.37. The van der Waals surface area contributed by atoms with Crippen molar-refractivity contribution in [2.75, 3.05) is 19.7 Å². The van der Waals surface area contributed by atoms with Crippen LogP contribution >= 0.6 is 0 Å². The van der Waals surface area contributed by atoms with Gasteiger partial charge in [0.2, 0.25) is 11.8 Å². The van der Waals surface area contributed by atoms with Crippen LogP contribution in [0.1, 0.15) is 38.2 Å². The number of carboxylic acids is 1. The molecule has 0 aromatic heterocycles. The second-order valence-electron chi connectivity index (χ2n) is 9.27. The van der Waals surface area contributed by atoms with Gasteiger partial charge in [0, 0.05) is 26.2 Å². The lowest BCUT2D eigenvalue weighted by Gasteiger charge is -2.37. The number of likely N-dealkylation sites (tertiary alicyclic amines) is 1. The molecule has 3 aliphatic rings. The Hall–Kier alpha value is -2.71. The second-order valence-corrected chi connectivity index (χ2v) is 9.27. The molecule has 2 amide bonds. The fourth-order valence-corrected chi connectivity index (χ4v) is 6.22. The summed E-state index contributed by atoms with van der Waals surface area (Å²) in [6, 6.07) is 8.63. The third kappa shape index (κ3) is 3.56. The van der Waals surface area contributed by atoms with Crippen molar-refractivity contribution < 1.29 is 29.3 Å². The fourth-order valence-electron chi connectivity index (χ4n) is 6.22. The highest BCUT2D eigenvalue weighted by Crippen LogP contribution is 2.64. The van der Waals surface area contributed by atoms with E-state index in [-0.39, 0.29) is 31.5 Å². The van der Waals surface area contributed by atoms with Crippen LogP contribution in [-0.2, 0) is 25.7 Å². The summed E-state index contributed by atoms with van der Waals surface area (Å²) in [4.78, 5) is 43.1. The third-order valence-electron chi connectivity index (χ3n) is 7.62. The van der Waals surface area contributed by atoms with Crippen molar-refractivity contribution in [3.05, 3.63) is 48.6 Å². The molecule has 3 heterocycles. The van der Waals surface area contributed by atoms with Crippen molar-refractivity contribution in [3.8, 4) is 0 Å². The van der Waals surface area contributed by atoms with Gasteiger partial charge in [-0.05, 0) is 31.2 Å². The van der Waals surface area contributed by atoms with Gasteiger partial charge in [-0.2, -0.15) is 0 Å². The quantitative estimate of drug-likeness (QED) is 0.520. The van der Waals surface area contributed by atoms with Crippen LogP contribution in [0.5, 0.6) is 0 Å². The van der Waals surface area contributed by atoms with Crippen molar-refractivity contribution in [2.24, 2.45) is 11.8 Å². The van der Waals surface area contributed by atoms with Gasteiger partial charge in [-0.25, -0.2) is 0 Å². The van der Waals surface area contributed by atoms with E-state index in [1.807, 2.05) is 37.3 Å². The zero-order chi connectivity index (χ0) is 23.8. The van der Waals surface area contributed by atoms with E-state index in [4.69, 9.17) is 4.74 Å². The molecular weight excluding hydrogens is 424 g/mol. The van der Waals surface area contributed by atoms with Crippen LogP contribution in [0, 0.1) is 11.8 Å². The molecule has 3 saturated heterocycles. The largest absolute Gasteiger partial charge is 0.481 e. The third-order valence-corrected chi connectivity index (χ3v) is 7.62. The molecule has 1 spiro atoms. The minimum absolute atomic E-state index is 0.134. The van der Waals surface area contributed by atoms with Crippen LogP contribution in [0.2, 0.25) is 0 Å². The minimum atomic E-state index is -1.17. The van der Waals surface area contributed by atoms with E-state index in [0.717, 1.165) is 5.56 Å². The number of fused-ring (bicyclic) bond motifs is 1. The Balaban J connectivity index is 1.75. The van der Waals surface area contributed by atoms with Crippen molar-refractivity contribution in [3.63, 3.8) is 0 Å². The number of aliphatic hydroxyl groups excluding tert-OH is 1. The Morgan fingerprint density at radius 1 is 1.30 bits per heavy atom. The van der Waals surface area contributed by atoms with E-state index in [1.54, 1.807) is 11.0 Å². The zero-order valence-corrected chi connectivity index (χ0v) is 19.0. The predicted molar refractivity (Wildman–Crippen MR) is 120 cm³/mol. The number of carbonyl (C=O) groups is 3. The molecule has 5 atom stereocenters. The fraction of sp³-hybridized carbons (Fsp3) is 0.560. The number of amides is 2. The average molecular weight is 457 g/mol. The molecule has 2 unspecified atom stereocenters. The molecule has 0 radical (unpaired) electrons. The smallest absolute Gasteiger partial charge is 0.310 e. The Kier molecular flexibility index (Phi) is 6.33. The van der Waals surface area contributed by atoms with Crippen LogP contribution < -0.4 is 0 Å². The highest BCUT2D eigenvalue weighted by atomic mass is 16.5. The molecule has 1 aromatic carbocycles. The SMILES string of the molecule is C=CCN(Cc1ccccc1)C(=O)C1N(CCCO)C(=O)[C@@H]2[C@@H](C(=O)O)[C@@]3(CC)CCC12O3. The number of aliphatic carboxylic acids is 1. The van der Waals surface area contributed by atoms with Gasteiger partial charge in [0.05, 0.1) is 11.5 Å². The van der Waals surface area contributed by atoms with E-state index in [0.29, 0.717) is 32.2 Å². The molecule has 8 heteroatoms. The number of nitrogens with zero attached hydrogens (tertiary/aromatic N) is 2. The molecule has 33 heavy (non-hydrogen) atoms. The normalized spacial score (nSPS) is 32.1. The standard InChI is InChI=1S/C25H32N2O6/c1-3-13-26(16-17-9-6-5-7-10-17)22(30)20-25-12-11-24(4-2,33-25)19(23(31)32)18(25)21(29)27(20)14-8-15-28/h3,5-7,9-10,18-20,28H,1,4,8,11-16H2,2H3,(H,31,32)/t18-,19-,20?,24+,25?/m0/s1. The zero-order valence-electron chi connectivity index (χ0n) is 19.0. The highest BCUT2D eigenvalue weighted by Gasteiger charge is 2.78. The van der Waals surface area contributed by atoms with Gasteiger partial charge >= 0.3 is 5.97 Å². The van der Waals surface area contributed by atoms with E-state index in [9.17, 15) is 24.6 Å². The van der Waals surface area contributed by atoms with Crippen LogP contribution in [0.25, 0.3) is 0 Å². The molecule has 4 rings (SSSR count). The van der Waals surface area contributed by atoms with Crippen LogP contribution in [0.4, 0.5) is 0 Å². The molecule has 0 aliphatic carbocycles. The van der Waals surface area contributed by atoms with Gasteiger partial charge in [-0.1, -0.05) is 43.3 Å². The number of carbonyl (C=O) groups excluding carboxylic acids is 2. The molecular formula is C25H32N2O6. The maximum atomic E-state index is 14.0. The van der Waals surface area contributed by atoms with Crippen LogP contribution in [0.15, 0.2) is 43.0 Å². The first-order valence-electron chi connectivity index (χ1n) is 11.6. The Morgan fingerprint density at radius 3 is 2.64 bits per heavy atom. The summed E-state index contributed by atoms with van der Waals surface area (Å²) in [5, 5.41) is 19.5. The van der Waals surface area contributed by atoms with E-state index < -0.39 is 35.0 Å². The van der Waals surface area contributed by atoms with Gasteiger partial charge in [0.15, 0.2) is 0 Å². The van der Waals surface area contributed by atoms with Crippen LogP contribution in [-0.4, -0.2) is 74.7 Å². The minimum Gasteiger partial charge on any atom is -0.481 e. The van der Waals surface area contributed by atoms with Crippen LogP contribution in [0.3, 0.4) is 0 Å². The van der Waals surface area contributed by atoms with E-state index in [2.05, 4.69) is 6.58 Å². The van der Waals surface area contributed by atoms with Crippen molar-refractivity contribution in [1.29, 1.82) is 0 Å². The Labute approximate surface area is 193 Å². The first-order valence-corrected chi connectivity index (χ1v) is 11.6. The van der Waals surface area contributed by atoms with E-state index >= 15 is 0 Å². The van der Waals surface area contributed by atoms with Gasteiger partial charge in [-0.15, -0.1) is 6.58 Å². The second kappa shape index (κ2) is 8.91. The molecule has 3 fully saturated rings. The topological polar surface area (TPSA) is 107 Å². The number of aliphatic hydroxyl groups is 1. The summed E-state index contributed by atoms with van der Waals surface area (Å²) >= 11 is 0. The Bertz CT molecular complexity index is 936. The number of carboxylic acid groups (broad SMARTS) is 1. The molecule has 2 bridgehead atoms. The molecule has 8 nitrogen and oxygen atoms in total. The number of ether oxygens (including phenoxy) is 1. The summed E-state index contributed by atoms with van der Waals surface area (Å²) in [6.45, 7) is 6.33. The van der Waals surface area contributed by atoms with Crippen molar-refractivity contribution in [2.45, 2.75) is 56.4 Å². The van der Waals surface area contributed by atoms with Gasteiger partial charge in [0.1, 0.15) is 17.6 Å². The highest BCUT2D eigenvalue weighted by molar-refractivity contribution is 5.98. The number of benzene rings is 1. The molecule has 0 saturated carbocycles. The molecule has 1 aromatic rings. The molecule has 178 valence electrons. The molecule has 2 N–H and O–H groups in total. The lowest BCUT2D eigenvalue weighted by Crippen LogP contribution is -2.56. The van der Waals surface area contributed by atoms with Crippen molar-refractivity contribution in [1.82, 2.24) is 9.80 Å². The summed E-state index contributed by atoms with van der Waals surface area (Å²) in [7, 11) is 0. The summed E-state index contributed by atoms with van der Waals surface area (Å²) in [5.74, 6) is -3.58. The van der Waals surface area contributed by atoms with Gasteiger partial charge < -0.3 is 24.7 Å². The van der Waals surface area contributed by atoms with Crippen molar-refractivity contribution >= 4 is 17.8 Å². The predicted octanol–water partition coefficient (Wildman–Crippen LogP) is 1.82. The summed E-state index contributed by atoms with van der Waals surface area (Å²) in [5.41, 5.74) is -1.16. The number of hydrogen-bond donors (Lipinski definition) is 2. The summed E-state index contributed by atoms with van der Waals surface area (Å²) < 4.78 is 6.51. The lowest BCUT2D eigenvalue weighted by atomic mass is 9.65.